The number of fused-ring (bicyclic) bond motifs is 5. The van der Waals surface area contributed by atoms with Crippen molar-refractivity contribution in [3.05, 3.63) is 202 Å². The van der Waals surface area contributed by atoms with Crippen molar-refractivity contribution in [2.45, 2.75) is 33.1 Å². The molecule has 0 radical (unpaired) electrons. The van der Waals surface area contributed by atoms with E-state index in [1.807, 2.05) is 0 Å². The second-order valence-electron chi connectivity index (χ2n) is 13.9. The second kappa shape index (κ2) is 12.0. The highest BCUT2D eigenvalue weighted by molar-refractivity contribution is 5.94. The van der Waals surface area contributed by atoms with Crippen LogP contribution in [-0.2, 0) is 5.41 Å². The van der Waals surface area contributed by atoms with Gasteiger partial charge in [0.15, 0.2) is 0 Å². The van der Waals surface area contributed by atoms with Crippen molar-refractivity contribution in [3.63, 3.8) is 0 Å². The highest BCUT2D eigenvalue weighted by atomic mass is 16.5. The molecule has 0 aliphatic heterocycles. The molecular weight excluding hydrogens is 621 g/mol. The van der Waals surface area contributed by atoms with Gasteiger partial charge in [-0.2, -0.15) is 0 Å². The highest BCUT2D eigenvalue weighted by Crippen LogP contribution is 2.56. The number of benzene rings is 8. The Labute approximate surface area is 299 Å². The van der Waals surface area contributed by atoms with E-state index in [0.717, 1.165) is 33.8 Å². The van der Waals surface area contributed by atoms with Gasteiger partial charge in [-0.25, -0.2) is 0 Å². The monoisotopic (exact) mass is 658 g/mol. The molecule has 51 heavy (non-hydrogen) atoms. The lowest BCUT2D eigenvalue weighted by atomic mass is 9.68. The molecule has 1 aliphatic rings. The molecule has 0 aromatic heterocycles. The van der Waals surface area contributed by atoms with Gasteiger partial charge in [-0.1, -0.05) is 121 Å². The lowest BCUT2D eigenvalue weighted by Gasteiger charge is -2.34. The normalized spacial score (nSPS) is 12.9. The van der Waals surface area contributed by atoms with Crippen molar-refractivity contribution >= 4 is 21.5 Å². The fourth-order valence-electron chi connectivity index (χ4n) is 8.54. The summed E-state index contributed by atoms with van der Waals surface area (Å²) in [6.45, 7) is 8.65. The lowest BCUT2D eigenvalue weighted by Crippen LogP contribution is -2.28. The van der Waals surface area contributed by atoms with Crippen LogP contribution in [-0.4, -0.2) is 0 Å². The molecule has 246 valence electrons. The number of hydrogen-bond donors (Lipinski definition) is 0. The average Bonchev–Trinajstić information content (AvgIpc) is 3.46. The van der Waals surface area contributed by atoms with E-state index < -0.39 is 5.41 Å². The molecule has 0 unspecified atom stereocenters. The molecule has 0 saturated carbocycles. The molecule has 0 amide bonds. The van der Waals surface area contributed by atoms with Crippen molar-refractivity contribution in [1.82, 2.24) is 0 Å². The Morgan fingerprint density at radius 3 is 1.18 bits per heavy atom. The maximum Gasteiger partial charge on any atom is 0.135 e. The van der Waals surface area contributed by atoms with E-state index in [-0.39, 0.29) is 0 Å². The van der Waals surface area contributed by atoms with E-state index in [9.17, 15) is 0 Å². The lowest BCUT2D eigenvalue weighted by molar-refractivity contribution is 0.487. The number of aryl methyl sites for hydroxylation is 4. The van der Waals surface area contributed by atoms with Crippen LogP contribution >= 0.6 is 0 Å². The fraction of sp³-hybridized carbons (Fsp3) is 0.102. The van der Waals surface area contributed by atoms with Gasteiger partial charge in [-0.15, -0.1) is 0 Å². The van der Waals surface area contributed by atoms with E-state index in [1.165, 1.54) is 66.4 Å². The van der Waals surface area contributed by atoms with Gasteiger partial charge in [0.2, 0.25) is 0 Å². The molecule has 8 aromatic carbocycles. The van der Waals surface area contributed by atoms with Gasteiger partial charge in [0.05, 0.1) is 5.41 Å². The Kier molecular flexibility index (Phi) is 7.29. The topological polar surface area (TPSA) is 18.5 Å². The largest absolute Gasteiger partial charge is 0.457 e. The van der Waals surface area contributed by atoms with Crippen LogP contribution in [0, 0.1) is 27.7 Å². The summed E-state index contributed by atoms with van der Waals surface area (Å²) in [5.41, 5.74) is 11.9. The molecule has 2 nitrogen and oxygen atoms in total. The van der Waals surface area contributed by atoms with Crippen molar-refractivity contribution in [2.75, 3.05) is 0 Å². The average molecular weight is 659 g/mol. The van der Waals surface area contributed by atoms with E-state index in [2.05, 4.69) is 185 Å². The van der Waals surface area contributed by atoms with Crippen LogP contribution in [0.4, 0.5) is 0 Å². The quantitative estimate of drug-likeness (QED) is 0.177. The van der Waals surface area contributed by atoms with Crippen LogP contribution in [0.3, 0.4) is 0 Å². The minimum atomic E-state index is -0.522. The molecule has 0 N–H and O–H groups in total. The molecule has 0 atom stereocenters. The van der Waals surface area contributed by atoms with Crippen molar-refractivity contribution in [2.24, 2.45) is 0 Å². The van der Waals surface area contributed by atoms with Crippen LogP contribution in [0.5, 0.6) is 23.0 Å². The molecule has 0 bridgehead atoms. The van der Waals surface area contributed by atoms with Gasteiger partial charge in [0, 0.05) is 10.8 Å². The van der Waals surface area contributed by atoms with E-state index in [0.29, 0.717) is 0 Å². The van der Waals surface area contributed by atoms with Crippen LogP contribution < -0.4 is 9.47 Å². The Morgan fingerprint density at radius 2 is 0.745 bits per heavy atom. The predicted octanol–water partition coefficient (Wildman–Crippen LogP) is 13.2. The highest BCUT2D eigenvalue weighted by Gasteiger charge is 2.45. The van der Waals surface area contributed by atoms with Gasteiger partial charge in [-0.05, 0) is 131 Å². The molecule has 0 heterocycles. The van der Waals surface area contributed by atoms with Gasteiger partial charge < -0.3 is 9.47 Å². The van der Waals surface area contributed by atoms with Crippen LogP contribution in [0.2, 0.25) is 0 Å². The van der Waals surface area contributed by atoms with E-state index in [1.54, 1.807) is 0 Å². The van der Waals surface area contributed by atoms with Gasteiger partial charge >= 0.3 is 0 Å². The Morgan fingerprint density at radius 1 is 0.353 bits per heavy atom. The van der Waals surface area contributed by atoms with Gasteiger partial charge in [-0.3, -0.25) is 0 Å². The Bertz CT molecular complexity index is 2410. The summed E-state index contributed by atoms with van der Waals surface area (Å²) in [5.74, 6) is 3.35. The molecule has 0 fully saturated rings. The zero-order valence-electron chi connectivity index (χ0n) is 29.3. The summed E-state index contributed by atoms with van der Waals surface area (Å²) in [5, 5.41) is 4.77. The maximum absolute atomic E-state index is 6.60. The van der Waals surface area contributed by atoms with E-state index in [4.69, 9.17) is 9.47 Å². The van der Waals surface area contributed by atoms with Crippen LogP contribution in [0.25, 0.3) is 32.7 Å². The van der Waals surface area contributed by atoms with Crippen molar-refractivity contribution < 1.29 is 9.47 Å². The minimum Gasteiger partial charge on any atom is -0.457 e. The molecule has 0 spiro atoms. The first kappa shape index (κ1) is 30.9. The standard InChI is InChI=1S/C49H38O2/c1-31-11-9-15-41-45(29-19-33(3)47(31)41)50-37-25-21-35(22-26-37)49(43-17-7-5-13-39(43)40-14-6-8-18-44(40)49)36-23-27-38(28-24-36)51-46-30-20-34(4)48-32(2)12-10-16-42(46)48/h5-30H,1-4H3. The molecule has 1 aliphatic carbocycles. The number of hydrogen-bond acceptors (Lipinski definition) is 2. The molecule has 8 aromatic rings. The first-order valence-electron chi connectivity index (χ1n) is 17.7. The molecule has 2 heteroatoms. The summed E-state index contributed by atoms with van der Waals surface area (Å²) in [6.07, 6.45) is 0. The molecule has 0 saturated heterocycles. The minimum absolute atomic E-state index is 0.522. The fourth-order valence-corrected chi connectivity index (χ4v) is 8.54. The third kappa shape index (κ3) is 4.86. The van der Waals surface area contributed by atoms with Gasteiger partial charge in [0.25, 0.3) is 0 Å². The predicted molar refractivity (Wildman–Crippen MR) is 211 cm³/mol. The molecular formula is C49H38O2. The van der Waals surface area contributed by atoms with E-state index >= 15 is 0 Å². The summed E-state index contributed by atoms with van der Waals surface area (Å²) in [4.78, 5) is 0. The number of rotatable bonds is 6. The summed E-state index contributed by atoms with van der Waals surface area (Å²) in [6, 6.07) is 56.4. The number of ether oxygens (including phenoxy) is 2. The third-order valence-electron chi connectivity index (χ3n) is 10.8. The van der Waals surface area contributed by atoms with Crippen LogP contribution in [0.1, 0.15) is 44.5 Å². The summed E-state index contributed by atoms with van der Waals surface area (Å²) >= 11 is 0. The zero-order chi connectivity index (χ0) is 34.7. The summed E-state index contributed by atoms with van der Waals surface area (Å²) in [7, 11) is 0. The van der Waals surface area contributed by atoms with Crippen molar-refractivity contribution in [3.8, 4) is 34.1 Å². The Balaban J connectivity index is 1.14. The van der Waals surface area contributed by atoms with Crippen LogP contribution in [0.15, 0.2) is 158 Å². The second-order valence-corrected chi connectivity index (χ2v) is 13.9. The van der Waals surface area contributed by atoms with Crippen molar-refractivity contribution in [1.29, 1.82) is 0 Å². The Hall–Kier alpha value is -6.12. The SMILES string of the molecule is Cc1cccc2c(Oc3ccc(C4(c5ccc(Oc6ccc(C)c7c(C)cccc67)cc5)c5ccccc5-c5ccccc54)cc3)ccc(C)c12. The first-order chi connectivity index (χ1) is 24.9. The first-order valence-corrected chi connectivity index (χ1v) is 17.7. The maximum atomic E-state index is 6.60. The molecule has 9 rings (SSSR count). The third-order valence-corrected chi connectivity index (χ3v) is 10.8. The smallest absolute Gasteiger partial charge is 0.135 e. The zero-order valence-corrected chi connectivity index (χ0v) is 29.3. The summed E-state index contributed by atoms with van der Waals surface area (Å²) < 4.78 is 13.2. The van der Waals surface area contributed by atoms with Gasteiger partial charge in [0.1, 0.15) is 23.0 Å².